The molecule has 1 heterocycles. The maximum Gasteiger partial charge on any atom is 0.338 e. The minimum absolute atomic E-state index is 0.0264. The molecule has 1 saturated heterocycles. The molecule has 5 saturated carbocycles. The molecule has 6 fully saturated rings. The van der Waals surface area contributed by atoms with Crippen molar-refractivity contribution in [1.29, 1.82) is 0 Å². The van der Waals surface area contributed by atoms with Gasteiger partial charge in [-0.3, -0.25) is 4.79 Å². The second-order valence-corrected chi connectivity index (χ2v) is 24.3. The number of carbonyl (C=O) groups excluding carboxylic acids is 5. The molecule has 5 aliphatic carbocycles. The van der Waals surface area contributed by atoms with Crippen LogP contribution in [0.1, 0.15) is 147 Å². The molecule has 1 N–H and O–H groups in total. The first-order valence-corrected chi connectivity index (χ1v) is 27.5. The molecule has 6 aliphatic rings. The van der Waals surface area contributed by atoms with E-state index in [1.54, 1.807) is 121 Å². The van der Waals surface area contributed by atoms with Crippen molar-refractivity contribution in [3.8, 4) is 0 Å². The Morgan fingerprint density at radius 2 is 1.07 bits per heavy atom. The summed E-state index contributed by atoms with van der Waals surface area (Å²) < 4.78 is 38.5. The quantitative estimate of drug-likeness (QED) is 0.0813. The minimum Gasteiger partial charge on any atom is -0.459 e. The molecule has 4 aromatic carbocycles. The SMILES string of the molecule is C=C(C)[C@@H]1CC[C@]2(C(=O)O[C@@H]3OC(COC(=O)c4ccccc4)[C@@H](OC(=O)c4ccccc4)C(OC(=O)c4ccccc4)C3OC(=O)c3ccccc3)CC[C@]3(C)C(CCC4[C@@]5(C)CC[C@H](O)C(C)(C)C5CC[C@]43C)C12. The first-order valence-electron chi connectivity index (χ1n) is 27.5. The molecule has 10 rings (SSSR count). The molecule has 0 aromatic heterocycles. The molecule has 0 radical (unpaired) electrons. The van der Waals surface area contributed by atoms with Crippen LogP contribution in [0.3, 0.4) is 0 Å². The number of fused-ring (bicyclic) bond motifs is 7. The van der Waals surface area contributed by atoms with Crippen LogP contribution in [0.15, 0.2) is 133 Å². The Morgan fingerprint density at radius 3 is 1.61 bits per heavy atom. The van der Waals surface area contributed by atoms with Gasteiger partial charge in [-0.1, -0.05) is 120 Å². The van der Waals surface area contributed by atoms with E-state index in [2.05, 4.69) is 48.1 Å². The van der Waals surface area contributed by atoms with Crippen molar-refractivity contribution >= 4 is 29.8 Å². The first kappa shape index (κ1) is 53.3. The average Bonchev–Trinajstić information content (AvgIpc) is 3.89. The molecule has 15 atom stereocenters. The number of hydrogen-bond acceptors (Lipinski definition) is 12. The Balaban J connectivity index is 1.04. The van der Waals surface area contributed by atoms with Gasteiger partial charge in [0, 0.05) is 0 Å². The fourth-order valence-electron chi connectivity index (χ4n) is 16.3. The summed E-state index contributed by atoms with van der Waals surface area (Å²) in [5.41, 5.74) is 0.450. The van der Waals surface area contributed by atoms with E-state index in [-0.39, 0.29) is 67.8 Å². The van der Waals surface area contributed by atoms with E-state index in [1.807, 2.05) is 0 Å². The highest BCUT2D eigenvalue weighted by atomic mass is 16.7. The Hall–Kier alpha value is -6.11. The van der Waals surface area contributed by atoms with Crippen LogP contribution in [0, 0.1) is 56.7 Å². The standard InChI is InChI=1S/C64H74O12/c1-39(2)44-30-35-64(37-36-62(6)45(50(44)64)28-29-48-61(5)33-32-49(65)60(3,4)47(61)31-34-63(48,62)7)59(70)76-58-53(75-57(69)43-26-18-11-19-27-43)52(74-56(68)42-24-16-10-17-25-42)51(73-55(67)41-22-14-9-15-23-41)46(72-58)38-71-54(66)40-20-12-8-13-21-40/h8-27,44-53,58,65H,1,28-38H2,2-7H3/t44-,45?,46?,47?,48?,49-,50?,51+,52?,53?,58-,61-,62+,63+,64-/m0/s1. The van der Waals surface area contributed by atoms with Crippen LogP contribution < -0.4 is 0 Å². The number of carbonyl (C=O) groups is 5. The van der Waals surface area contributed by atoms with Gasteiger partial charge < -0.3 is 33.5 Å². The third-order valence-electron chi connectivity index (χ3n) is 20.4. The van der Waals surface area contributed by atoms with Gasteiger partial charge >= 0.3 is 29.8 Å². The monoisotopic (exact) mass is 1030 g/mol. The summed E-state index contributed by atoms with van der Waals surface area (Å²) in [6.45, 7) is 18.1. The van der Waals surface area contributed by atoms with Crippen LogP contribution in [0.5, 0.6) is 0 Å². The number of allylic oxidation sites excluding steroid dienone is 1. The highest BCUT2D eigenvalue weighted by Gasteiger charge is 2.72. The van der Waals surface area contributed by atoms with Crippen molar-refractivity contribution in [2.45, 2.75) is 143 Å². The molecule has 1 aliphatic heterocycles. The predicted octanol–water partition coefficient (Wildman–Crippen LogP) is 11.8. The van der Waals surface area contributed by atoms with E-state index < -0.39 is 72.6 Å². The Kier molecular flexibility index (Phi) is 14.5. The Morgan fingerprint density at radius 1 is 0.553 bits per heavy atom. The first-order chi connectivity index (χ1) is 36.3. The van der Waals surface area contributed by atoms with Crippen LogP contribution in [-0.4, -0.2) is 78.4 Å². The molecule has 76 heavy (non-hydrogen) atoms. The lowest BCUT2D eigenvalue weighted by molar-refractivity contribution is -0.296. The highest BCUT2D eigenvalue weighted by molar-refractivity contribution is 5.92. The number of hydrogen-bond donors (Lipinski definition) is 1. The summed E-state index contributed by atoms with van der Waals surface area (Å²) in [6.07, 6.45) is -0.0260. The lowest BCUT2D eigenvalue weighted by Gasteiger charge is -2.72. The zero-order valence-electron chi connectivity index (χ0n) is 44.8. The van der Waals surface area contributed by atoms with Crippen molar-refractivity contribution in [3.05, 3.63) is 156 Å². The third-order valence-corrected chi connectivity index (χ3v) is 20.4. The summed E-state index contributed by atoms with van der Waals surface area (Å²) in [4.78, 5) is 72.6. The normalized spacial score (nSPS) is 36.1. The van der Waals surface area contributed by atoms with Crippen molar-refractivity contribution in [2.75, 3.05) is 6.61 Å². The summed E-state index contributed by atoms with van der Waals surface area (Å²) in [6, 6.07) is 33.0. The fourth-order valence-corrected chi connectivity index (χ4v) is 16.3. The fraction of sp³-hybridized carbons (Fsp3) is 0.516. The van der Waals surface area contributed by atoms with E-state index in [0.29, 0.717) is 24.7 Å². The van der Waals surface area contributed by atoms with Gasteiger partial charge in [-0.05, 0) is 171 Å². The maximum absolute atomic E-state index is 16.0. The zero-order valence-corrected chi connectivity index (χ0v) is 44.8. The summed E-state index contributed by atoms with van der Waals surface area (Å²) in [5, 5.41) is 11.3. The highest BCUT2D eigenvalue weighted by Crippen LogP contribution is 2.77. The topological polar surface area (TPSA) is 161 Å². The van der Waals surface area contributed by atoms with Gasteiger partial charge in [-0.15, -0.1) is 0 Å². The van der Waals surface area contributed by atoms with Crippen LogP contribution in [0.2, 0.25) is 0 Å². The minimum atomic E-state index is -1.75. The van der Waals surface area contributed by atoms with E-state index in [0.717, 1.165) is 56.9 Å². The number of esters is 5. The lowest BCUT2D eigenvalue weighted by Crippen LogP contribution is -2.67. The number of aliphatic hydroxyl groups excluding tert-OH is 1. The van der Waals surface area contributed by atoms with Crippen LogP contribution in [-0.2, 0) is 33.2 Å². The lowest BCUT2D eigenvalue weighted by atomic mass is 9.32. The van der Waals surface area contributed by atoms with E-state index in [1.165, 1.54) is 0 Å². The second-order valence-electron chi connectivity index (χ2n) is 24.3. The molecule has 402 valence electrons. The van der Waals surface area contributed by atoms with Crippen molar-refractivity contribution in [3.63, 3.8) is 0 Å². The van der Waals surface area contributed by atoms with Crippen molar-refractivity contribution < 1.29 is 57.5 Å². The Bertz CT molecular complexity index is 2800. The zero-order chi connectivity index (χ0) is 53.8. The van der Waals surface area contributed by atoms with Crippen molar-refractivity contribution in [1.82, 2.24) is 0 Å². The number of benzene rings is 4. The Labute approximate surface area is 447 Å². The molecule has 0 spiro atoms. The van der Waals surface area contributed by atoms with Crippen molar-refractivity contribution in [2.24, 2.45) is 56.7 Å². The summed E-state index contributed by atoms with van der Waals surface area (Å²) in [7, 11) is 0. The number of rotatable bonds is 12. The molecule has 4 aromatic rings. The average molecular weight is 1040 g/mol. The van der Waals surface area contributed by atoms with Gasteiger partial charge in [0.15, 0.2) is 12.2 Å². The van der Waals surface area contributed by atoms with E-state index in [9.17, 15) is 24.3 Å². The maximum atomic E-state index is 16.0. The molecular weight excluding hydrogens is 961 g/mol. The van der Waals surface area contributed by atoms with Gasteiger partial charge in [0.1, 0.15) is 12.7 Å². The molecule has 12 heteroatoms. The third kappa shape index (κ3) is 9.18. The van der Waals surface area contributed by atoms with Gasteiger partial charge in [0.05, 0.1) is 33.8 Å². The van der Waals surface area contributed by atoms with Crippen LogP contribution in [0.4, 0.5) is 0 Å². The summed E-state index contributed by atoms with van der Waals surface area (Å²) >= 11 is 0. The number of ether oxygens (including phenoxy) is 6. The number of aliphatic hydroxyl groups is 1. The summed E-state index contributed by atoms with van der Waals surface area (Å²) in [5.74, 6) is -2.85. The van der Waals surface area contributed by atoms with Gasteiger partial charge in [-0.25, -0.2) is 19.2 Å². The van der Waals surface area contributed by atoms with Gasteiger partial charge in [0.25, 0.3) is 0 Å². The molecule has 12 nitrogen and oxygen atoms in total. The molecule has 0 bridgehead atoms. The molecular formula is C64H74O12. The van der Waals surface area contributed by atoms with E-state index in [4.69, 9.17) is 28.4 Å². The largest absolute Gasteiger partial charge is 0.459 e. The predicted molar refractivity (Wildman–Crippen MR) is 283 cm³/mol. The molecule has 0 amide bonds. The van der Waals surface area contributed by atoms with Crippen LogP contribution >= 0.6 is 0 Å². The van der Waals surface area contributed by atoms with Crippen LogP contribution in [0.25, 0.3) is 0 Å². The molecule has 7 unspecified atom stereocenters. The second kappa shape index (κ2) is 20.7. The smallest absolute Gasteiger partial charge is 0.338 e. The van der Waals surface area contributed by atoms with Gasteiger partial charge in [-0.2, -0.15) is 0 Å². The van der Waals surface area contributed by atoms with Gasteiger partial charge in [0.2, 0.25) is 12.4 Å². The van der Waals surface area contributed by atoms with E-state index >= 15 is 4.79 Å².